The molecule has 3 heterocycles. The van der Waals surface area contributed by atoms with Crippen molar-refractivity contribution in [3.05, 3.63) is 35.7 Å². The monoisotopic (exact) mass is 384 g/mol. The molecule has 2 aliphatic rings. The summed E-state index contributed by atoms with van der Waals surface area (Å²) in [4.78, 5) is 4.34. The van der Waals surface area contributed by atoms with Crippen molar-refractivity contribution in [3.63, 3.8) is 0 Å². The molecular weight excluding hydrogens is 364 g/mol. The summed E-state index contributed by atoms with van der Waals surface area (Å²) in [5.41, 5.74) is -0.684. The third kappa shape index (κ3) is 3.43. The minimum absolute atomic E-state index is 0.382. The van der Waals surface area contributed by atoms with Crippen LogP contribution in [0, 0.1) is 0 Å². The van der Waals surface area contributed by atoms with Gasteiger partial charge in [-0.25, -0.2) is 4.39 Å². The number of benzene rings is 1. The number of rotatable bonds is 4. The fraction of sp³-hybridized carbons (Fsp3) is 0.588. The number of fused-ring (bicyclic) bond motifs is 1. The zero-order valence-corrected chi connectivity index (χ0v) is 14.7. The molecule has 0 amide bonds. The number of aromatic nitrogens is 4. The smallest absolute Gasteiger partial charge is 0.293 e. The Labute approximate surface area is 153 Å². The van der Waals surface area contributed by atoms with Crippen molar-refractivity contribution in [2.24, 2.45) is 0 Å². The lowest BCUT2D eigenvalue weighted by molar-refractivity contribution is -0.137. The lowest BCUT2D eigenvalue weighted by Crippen LogP contribution is -2.60. The Balaban J connectivity index is 1.51. The van der Waals surface area contributed by atoms with Crippen LogP contribution in [0.15, 0.2) is 24.3 Å². The molecule has 0 aliphatic carbocycles. The van der Waals surface area contributed by atoms with Gasteiger partial charge in [0, 0.05) is 19.6 Å². The summed E-state index contributed by atoms with van der Waals surface area (Å²) in [6.07, 6.45) is -2.55. The SMILES string of the molecule is FCC12CCCN1CCN(Cc1nnnn1-c1ccc(C(F)(F)F)cc1)C2. The van der Waals surface area contributed by atoms with Crippen molar-refractivity contribution in [3.8, 4) is 5.69 Å². The van der Waals surface area contributed by atoms with E-state index in [1.54, 1.807) is 0 Å². The molecule has 1 aromatic heterocycles. The molecule has 2 aliphatic heterocycles. The van der Waals surface area contributed by atoms with E-state index < -0.39 is 17.3 Å². The van der Waals surface area contributed by atoms with Crippen LogP contribution in [0.2, 0.25) is 0 Å². The summed E-state index contributed by atoms with van der Waals surface area (Å²) in [5.74, 6) is 0.523. The highest BCUT2D eigenvalue weighted by atomic mass is 19.4. The maximum absolute atomic E-state index is 13.7. The van der Waals surface area contributed by atoms with E-state index in [2.05, 4.69) is 25.3 Å². The molecule has 0 saturated carbocycles. The van der Waals surface area contributed by atoms with Crippen molar-refractivity contribution in [1.82, 2.24) is 30.0 Å². The molecule has 27 heavy (non-hydrogen) atoms. The van der Waals surface area contributed by atoms with Gasteiger partial charge in [-0.2, -0.15) is 17.9 Å². The second-order valence-corrected chi connectivity index (χ2v) is 7.21. The van der Waals surface area contributed by atoms with Crippen molar-refractivity contribution < 1.29 is 17.6 Å². The first-order valence-corrected chi connectivity index (χ1v) is 8.90. The average Bonchev–Trinajstić information content (AvgIpc) is 3.28. The van der Waals surface area contributed by atoms with E-state index in [0.717, 1.165) is 44.6 Å². The van der Waals surface area contributed by atoms with Gasteiger partial charge in [0.25, 0.3) is 0 Å². The Morgan fingerprint density at radius 3 is 2.56 bits per heavy atom. The predicted molar refractivity (Wildman–Crippen MR) is 88.9 cm³/mol. The highest BCUT2D eigenvalue weighted by molar-refractivity contribution is 5.35. The van der Waals surface area contributed by atoms with Gasteiger partial charge in [0.05, 0.1) is 23.3 Å². The first kappa shape index (κ1) is 18.3. The summed E-state index contributed by atoms with van der Waals surface area (Å²) in [5, 5.41) is 11.6. The van der Waals surface area contributed by atoms with E-state index >= 15 is 0 Å². The fourth-order valence-electron chi connectivity index (χ4n) is 4.10. The van der Waals surface area contributed by atoms with Gasteiger partial charge in [-0.15, -0.1) is 5.10 Å². The maximum atomic E-state index is 13.7. The lowest BCUT2D eigenvalue weighted by atomic mass is 9.95. The van der Waals surface area contributed by atoms with Crippen LogP contribution in [0.1, 0.15) is 24.2 Å². The Hall–Kier alpha value is -2.07. The average molecular weight is 384 g/mol. The molecular formula is C17H20F4N6. The molecule has 6 nitrogen and oxygen atoms in total. The van der Waals surface area contributed by atoms with E-state index in [-0.39, 0.29) is 6.67 Å². The Morgan fingerprint density at radius 1 is 1.07 bits per heavy atom. The fourth-order valence-corrected chi connectivity index (χ4v) is 4.10. The van der Waals surface area contributed by atoms with E-state index in [1.807, 2.05) is 0 Å². The zero-order valence-electron chi connectivity index (χ0n) is 14.7. The third-order valence-electron chi connectivity index (χ3n) is 5.53. The topological polar surface area (TPSA) is 50.1 Å². The van der Waals surface area contributed by atoms with E-state index in [4.69, 9.17) is 0 Å². The summed E-state index contributed by atoms with van der Waals surface area (Å²) >= 11 is 0. The molecule has 10 heteroatoms. The molecule has 2 aromatic rings. The van der Waals surface area contributed by atoms with Gasteiger partial charge in [0.15, 0.2) is 5.82 Å². The number of halogens is 4. The van der Waals surface area contributed by atoms with Crippen molar-refractivity contribution >= 4 is 0 Å². The van der Waals surface area contributed by atoms with Crippen LogP contribution in [0.25, 0.3) is 5.69 Å². The standard InChI is InChI=1S/C17H20F4N6/c18-11-16-6-1-7-26(16)9-8-25(12-16)10-15-22-23-24-27(15)14-4-2-13(3-5-14)17(19,20)21/h2-5H,1,6-12H2. The molecule has 1 atom stereocenters. The molecule has 146 valence electrons. The van der Waals surface area contributed by atoms with Crippen molar-refractivity contribution in [2.45, 2.75) is 31.1 Å². The largest absolute Gasteiger partial charge is 0.416 e. The lowest BCUT2D eigenvalue weighted by Gasteiger charge is -2.45. The van der Waals surface area contributed by atoms with Gasteiger partial charge in [0.1, 0.15) is 6.67 Å². The Morgan fingerprint density at radius 2 is 1.85 bits per heavy atom. The van der Waals surface area contributed by atoms with E-state index in [9.17, 15) is 17.6 Å². The summed E-state index contributed by atoms with van der Waals surface area (Å²) < 4.78 is 53.4. The molecule has 0 N–H and O–H groups in total. The Bertz CT molecular complexity index is 789. The van der Waals surface area contributed by atoms with Crippen LogP contribution in [0.4, 0.5) is 17.6 Å². The number of piperazine rings is 1. The van der Waals surface area contributed by atoms with Crippen molar-refractivity contribution in [2.75, 3.05) is 32.9 Å². The molecule has 1 unspecified atom stereocenters. The van der Waals surface area contributed by atoms with Gasteiger partial charge < -0.3 is 0 Å². The summed E-state index contributed by atoms with van der Waals surface area (Å²) in [7, 11) is 0. The highest BCUT2D eigenvalue weighted by Gasteiger charge is 2.45. The summed E-state index contributed by atoms with van der Waals surface area (Å²) in [6.45, 7) is 3.15. The third-order valence-corrected chi connectivity index (χ3v) is 5.53. The van der Waals surface area contributed by atoms with Crippen LogP contribution in [-0.2, 0) is 12.7 Å². The van der Waals surface area contributed by atoms with Crippen molar-refractivity contribution in [1.29, 1.82) is 0 Å². The zero-order chi connectivity index (χ0) is 19.1. The van der Waals surface area contributed by atoms with Crippen LogP contribution in [0.5, 0.6) is 0 Å². The van der Waals surface area contributed by atoms with Gasteiger partial charge in [0.2, 0.25) is 0 Å². The van der Waals surface area contributed by atoms with Gasteiger partial charge in [-0.3, -0.25) is 9.80 Å². The van der Waals surface area contributed by atoms with Crippen LogP contribution in [-0.4, -0.2) is 68.4 Å². The molecule has 4 rings (SSSR count). The number of tetrazole rings is 1. The van der Waals surface area contributed by atoms with E-state index in [1.165, 1.54) is 16.8 Å². The van der Waals surface area contributed by atoms with Gasteiger partial charge in [-0.1, -0.05) is 0 Å². The van der Waals surface area contributed by atoms with Crippen LogP contribution < -0.4 is 0 Å². The molecule has 1 aromatic carbocycles. The number of alkyl halides is 4. The minimum Gasteiger partial charge on any atom is -0.293 e. The summed E-state index contributed by atoms with van der Waals surface area (Å²) in [6, 6.07) is 4.72. The first-order valence-electron chi connectivity index (χ1n) is 8.90. The molecule has 0 radical (unpaired) electrons. The van der Waals surface area contributed by atoms with Crippen LogP contribution in [0.3, 0.4) is 0 Å². The molecule has 2 saturated heterocycles. The second-order valence-electron chi connectivity index (χ2n) is 7.21. The quantitative estimate of drug-likeness (QED) is 0.758. The Kier molecular flexibility index (Phi) is 4.63. The van der Waals surface area contributed by atoms with Gasteiger partial charge in [-0.05, 0) is 54.1 Å². The molecule has 2 fully saturated rings. The normalized spacial score (nSPS) is 24.3. The van der Waals surface area contributed by atoms with Crippen LogP contribution >= 0.6 is 0 Å². The number of nitrogens with zero attached hydrogens (tertiary/aromatic N) is 6. The van der Waals surface area contributed by atoms with E-state index in [0.29, 0.717) is 24.6 Å². The first-order chi connectivity index (χ1) is 12.9. The minimum atomic E-state index is -4.39. The maximum Gasteiger partial charge on any atom is 0.416 e. The van der Waals surface area contributed by atoms with Gasteiger partial charge >= 0.3 is 6.18 Å². The predicted octanol–water partition coefficient (Wildman–Crippen LogP) is 2.30. The molecule has 0 bridgehead atoms. The molecule has 0 spiro atoms. The number of hydrogen-bond donors (Lipinski definition) is 0. The highest BCUT2D eigenvalue weighted by Crippen LogP contribution is 2.34. The second kappa shape index (κ2) is 6.83. The number of hydrogen-bond acceptors (Lipinski definition) is 5.